The third kappa shape index (κ3) is 5.15. The number of aliphatic hydroxyl groups excluding tert-OH is 1. The van der Waals surface area contributed by atoms with E-state index in [9.17, 15) is 4.39 Å². The van der Waals surface area contributed by atoms with E-state index in [1.807, 2.05) is 20.8 Å². The molecule has 1 aromatic carbocycles. The normalized spacial score (nSPS) is 11.6. The predicted octanol–water partition coefficient (Wildman–Crippen LogP) is 2.08. The van der Waals surface area contributed by atoms with E-state index < -0.39 is 0 Å². The second kappa shape index (κ2) is 5.98. The smallest absolute Gasteiger partial charge is 0.124 e. The summed E-state index contributed by atoms with van der Waals surface area (Å²) in [6.45, 7) is 6.82. The molecule has 0 bridgehead atoms. The Morgan fingerprint density at radius 2 is 2.06 bits per heavy atom. The average molecular weight is 241 g/mol. The first kappa shape index (κ1) is 13.9. The molecule has 0 aromatic heterocycles. The Kier molecular flexibility index (Phi) is 4.90. The van der Waals surface area contributed by atoms with Crippen LogP contribution in [0.3, 0.4) is 0 Å². The Hall–Kier alpha value is -1.13. The lowest BCUT2D eigenvalue weighted by Gasteiger charge is -2.21. The molecule has 1 rings (SSSR count). The van der Waals surface area contributed by atoms with Crippen LogP contribution in [0, 0.1) is 5.82 Å². The van der Waals surface area contributed by atoms with Crippen LogP contribution >= 0.6 is 0 Å². The third-order valence-electron chi connectivity index (χ3n) is 2.18. The first-order valence-electron chi connectivity index (χ1n) is 5.69. The van der Waals surface area contributed by atoms with Crippen molar-refractivity contribution in [2.45, 2.75) is 32.9 Å². The molecule has 0 fully saturated rings. The molecule has 0 saturated heterocycles. The van der Waals surface area contributed by atoms with Gasteiger partial charge >= 0.3 is 0 Å². The van der Waals surface area contributed by atoms with Gasteiger partial charge in [-0.05, 0) is 39.0 Å². The Morgan fingerprint density at radius 1 is 1.35 bits per heavy atom. The SMILES string of the molecule is CC(C)(C)NCc1cc(F)ccc1OCCO. The van der Waals surface area contributed by atoms with Crippen molar-refractivity contribution in [3.05, 3.63) is 29.6 Å². The number of nitrogens with one attached hydrogen (secondary N) is 1. The van der Waals surface area contributed by atoms with Crippen LogP contribution in [0.4, 0.5) is 4.39 Å². The average Bonchev–Trinajstić information content (AvgIpc) is 2.24. The van der Waals surface area contributed by atoms with E-state index in [0.717, 1.165) is 5.56 Å². The van der Waals surface area contributed by atoms with E-state index in [1.54, 1.807) is 6.07 Å². The zero-order valence-corrected chi connectivity index (χ0v) is 10.6. The fraction of sp³-hybridized carbons (Fsp3) is 0.538. The highest BCUT2D eigenvalue weighted by Gasteiger charge is 2.11. The number of hydrogen-bond donors (Lipinski definition) is 2. The minimum absolute atomic E-state index is 0.0411. The molecule has 0 aliphatic rings. The molecule has 96 valence electrons. The lowest BCUT2D eigenvalue weighted by molar-refractivity contribution is 0.199. The van der Waals surface area contributed by atoms with Crippen molar-refractivity contribution in [2.24, 2.45) is 0 Å². The number of hydrogen-bond acceptors (Lipinski definition) is 3. The predicted molar refractivity (Wildman–Crippen MR) is 65.6 cm³/mol. The maximum absolute atomic E-state index is 13.2. The van der Waals surface area contributed by atoms with Crippen LogP contribution < -0.4 is 10.1 Å². The van der Waals surface area contributed by atoms with Gasteiger partial charge in [-0.3, -0.25) is 0 Å². The summed E-state index contributed by atoms with van der Waals surface area (Å²) in [5, 5.41) is 12.0. The molecular weight excluding hydrogens is 221 g/mol. The summed E-state index contributed by atoms with van der Waals surface area (Å²) in [4.78, 5) is 0. The zero-order chi connectivity index (χ0) is 12.9. The summed E-state index contributed by atoms with van der Waals surface area (Å²) in [5.41, 5.74) is 0.717. The summed E-state index contributed by atoms with van der Waals surface area (Å²) >= 11 is 0. The quantitative estimate of drug-likeness (QED) is 0.829. The molecule has 17 heavy (non-hydrogen) atoms. The minimum atomic E-state index is -0.285. The lowest BCUT2D eigenvalue weighted by atomic mass is 10.1. The molecule has 0 amide bonds. The van der Waals surface area contributed by atoms with E-state index in [1.165, 1.54) is 12.1 Å². The highest BCUT2D eigenvalue weighted by atomic mass is 19.1. The molecule has 0 heterocycles. The molecule has 0 aliphatic carbocycles. The van der Waals surface area contributed by atoms with Crippen LogP contribution in [0.1, 0.15) is 26.3 Å². The van der Waals surface area contributed by atoms with Crippen molar-refractivity contribution < 1.29 is 14.2 Å². The number of ether oxygens (including phenoxy) is 1. The van der Waals surface area contributed by atoms with Gasteiger partial charge < -0.3 is 15.2 Å². The van der Waals surface area contributed by atoms with E-state index in [-0.39, 0.29) is 24.6 Å². The van der Waals surface area contributed by atoms with E-state index in [2.05, 4.69) is 5.32 Å². The first-order valence-corrected chi connectivity index (χ1v) is 5.69. The Morgan fingerprint density at radius 3 is 2.65 bits per heavy atom. The number of rotatable bonds is 5. The van der Waals surface area contributed by atoms with Gasteiger partial charge in [0.25, 0.3) is 0 Å². The van der Waals surface area contributed by atoms with Gasteiger partial charge in [-0.1, -0.05) is 0 Å². The fourth-order valence-corrected chi connectivity index (χ4v) is 1.34. The Labute approximate surface area is 102 Å². The fourth-order valence-electron chi connectivity index (χ4n) is 1.34. The van der Waals surface area contributed by atoms with Gasteiger partial charge in [0.05, 0.1) is 6.61 Å². The minimum Gasteiger partial charge on any atom is -0.491 e. The van der Waals surface area contributed by atoms with E-state index >= 15 is 0 Å². The second-order valence-electron chi connectivity index (χ2n) is 4.93. The molecular formula is C13H20FNO2. The molecule has 0 atom stereocenters. The summed E-state index contributed by atoms with van der Waals surface area (Å²) in [5.74, 6) is 0.323. The van der Waals surface area contributed by atoms with Gasteiger partial charge in [0.15, 0.2) is 0 Å². The maximum atomic E-state index is 13.2. The number of halogens is 1. The van der Waals surface area contributed by atoms with Crippen molar-refractivity contribution in [1.82, 2.24) is 5.32 Å². The molecule has 1 aromatic rings. The van der Waals surface area contributed by atoms with Crippen LogP contribution in [0.5, 0.6) is 5.75 Å². The Bertz CT molecular complexity index is 361. The van der Waals surface area contributed by atoms with Crippen molar-refractivity contribution in [1.29, 1.82) is 0 Å². The molecule has 3 nitrogen and oxygen atoms in total. The third-order valence-corrected chi connectivity index (χ3v) is 2.18. The van der Waals surface area contributed by atoms with Crippen molar-refractivity contribution in [2.75, 3.05) is 13.2 Å². The largest absolute Gasteiger partial charge is 0.491 e. The zero-order valence-electron chi connectivity index (χ0n) is 10.6. The first-order chi connectivity index (χ1) is 7.92. The number of aliphatic hydroxyl groups is 1. The van der Waals surface area contributed by atoms with E-state index in [0.29, 0.717) is 12.3 Å². The Balaban J connectivity index is 2.76. The molecule has 0 spiro atoms. The van der Waals surface area contributed by atoms with Gasteiger partial charge in [-0.2, -0.15) is 0 Å². The molecule has 2 N–H and O–H groups in total. The van der Waals surface area contributed by atoms with Crippen LogP contribution in [0.25, 0.3) is 0 Å². The van der Waals surface area contributed by atoms with Gasteiger partial charge in [-0.15, -0.1) is 0 Å². The van der Waals surface area contributed by atoms with Crippen LogP contribution in [-0.4, -0.2) is 23.9 Å². The van der Waals surface area contributed by atoms with Gasteiger partial charge in [0.2, 0.25) is 0 Å². The van der Waals surface area contributed by atoms with Crippen molar-refractivity contribution >= 4 is 0 Å². The van der Waals surface area contributed by atoms with Gasteiger partial charge in [0, 0.05) is 17.6 Å². The number of benzene rings is 1. The highest BCUT2D eigenvalue weighted by Crippen LogP contribution is 2.20. The van der Waals surface area contributed by atoms with Crippen molar-refractivity contribution in [3.8, 4) is 5.75 Å². The van der Waals surface area contributed by atoms with Gasteiger partial charge in [0.1, 0.15) is 18.2 Å². The summed E-state index contributed by atoms with van der Waals surface area (Å²) < 4.78 is 18.5. The van der Waals surface area contributed by atoms with Crippen LogP contribution in [0.15, 0.2) is 18.2 Å². The molecule has 0 unspecified atom stereocenters. The summed E-state index contributed by atoms with van der Waals surface area (Å²) in [6, 6.07) is 4.39. The molecule has 4 heteroatoms. The standard InChI is InChI=1S/C13H20FNO2/c1-13(2,3)15-9-10-8-11(14)4-5-12(10)17-7-6-16/h4-5,8,15-16H,6-7,9H2,1-3H3. The van der Waals surface area contributed by atoms with Gasteiger partial charge in [-0.25, -0.2) is 4.39 Å². The molecule has 0 aliphatic heterocycles. The van der Waals surface area contributed by atoms with Crippen LogP contribution in [0.2, 0.25) is 0 Å². The second-order valence-corrected chi connectivity index (χ2v) is 4.93. The topological polar surface area (TPSA) is 41.5 Å². The van der Waals surface area contributed by atoms with E-state index in [4.69, 9.17) is 9.84 Å². The molecule has 0 saturated carbocycles. The van der Waals surface area contributed by atoms with Crippen LogP contribution in [-0.2, 0) is 6.54 Å². The maximum Gasteiger partial charge on any atom is 0.124 e. The lowest BCUT2D eigenvalue weighted by Crippen LogP contribution is -2.35. The molecule has 0 radical (unpaired) electrons. The summed E-state index contributed by atoms with van der Waals surface area (Å²) in [7, 11) is 0. The highest BCUT2D eigenvalue weighted by molar-refractivity contribution is 5.34. The van der Waals surface area contributed by atoms with Crippen molar-refractivity contribution in [3.63, 3.8) is 0 Å². The monoisotopic (exact) mass is 241 g/mol. The summed E-state index contributed by atoms with van der Waals surface area (Å²) in [6.07, 6.45) is 0.